The minimum Gasteiger partial charge on any atom is -0.481 e. The van der Waals surface area contributed by atoms with Gasteiger partial charge < -0.3 is 15.7 Å². The highest BCUT2D eigenvalue weighted by atomic mass is 16.4. The lowest BCUT2D eigenvalue weighted by atomic mass is 9.82. The van der Waals surface area contributed by atoms with Gasteiger partial charge in [-0.3, -0.25) is 4.79 Å². The van der Waals surface area contributed by atoms with Crippen molar-refractivity contribution in [1.82, 2.24) is 9.97 Å². The van der Waals surface area contributed by atoms with Crippen LogP contribution in [0.2, 0.25) is 0 Å². The smallest absolute Gasteiger partial charge is 0.306 e. The molecule has 24 heavy (non-hydrogen) atoms. The fraction of sp³-hybridized carbons (Fsp3) is 0.722. The van der Waals surface area contributed by atoms with Crippen molar-refractivity contribution in [2.24, 2.45) is 17.6 Å². The van der Waals surface area contributed by atoms with Crippen molar-refractivity contribution in [3.05, 3.63) is 18.0 Å². The fourth-order valence-corrected chi connectivity index (χ4v) is 2.88. The van der Waals surface area contributed by atoms with Crippen LogP contribution >= 0.6 is 0 Å². The minimum absolute atomic E-state index is 0.142. The van der Waals surface area contributed by atoms with Crippen molar-refractivity contribution in [2.45, 2.75) is 57.9 Å². The highest BCUT2D eigenvalue weighted by Gasteiger charge is 2.26. The molecule has 0 aromatic carbocycles. The summed E-state index contributed by atoms with van der Waals surface area (Å²) in [5.41, 5.74) is 6.36. The maximum absolute atomic E-state index is 10.9. The standard InChI is InChI=1S/C15H23N3O2.C3H7N/c1-3-11-8-16-15(17-9-11)18(2)10-12-4-6-13(7-5-12)14(19)20;4-3-1-2-3/h8-9,12-13H,3-7,10H2,1-2H3,(H,19,20);3H,1-2,4H2. The summed E-state index contributed by atoms with van der Waals surface area (Å²) in [7, 11) is 2.00. The Kier molecular flexibility index (Phi) is 6.97. The molecule has 3 rings (SSSR count). The second kappa shape index (κ2) is 8.97. The van der Waals surface area contributed by atoms with Gasteiger partial charge in [-0.25, -0.2) is 9.97 Å². The van der Waals surface area contributed by atoms with Crippen LogP contribution in [0.4, 0.5) is 5.95 Å². The molecule has 1 aromatic rings. The van der Waals surface area contributed by atoms with Gasteiger partial charge in [0, 0.05) is 32.0 Å². The molecule has 0 radical (unpaired) electrons. The van der Waals surface area contributed by atoms with Gasteiger partial charge in [0.05, 0.1) is 5.92 Å². The number of anilines is 1. The lowest BCUT2D eigenvalue weighted by Crippen LogP contribution is -2.31. The number of aliphatic carboxylic acids is 1. The predicted octanol–water partition coefficient (Wildman–Crippen LogP) is 2.47. The van der Waals surface area contributed by atoms with Crippen molar-refractivity contribution >= 4 is 11.9 Å². The van der Waals surface area contributed by atoms with Crippen LogP contribution in [0.25, 0.3) is 0 Å². The van der Waals surface area contributed by atoms with E-state index in [1.807, 2.05) is 19.4 Å². The summed E-state index contributed by atoms with van der Waals surface area (Å²) in [4.78, 5) is 21.8. The second-order valence-corrected chi connectivity index (χ2v) is 7.02. The largest absolute Gasteiger partial charge is 0.481 e. The van der Waals surface area contributed by atoms with Crippen LogP contribution in [0.3, 0.4) is 0 Å². The van der Waals surface area contributed by atoms with Crippen molar-refractivity contribution in [2.75, 3.05) is 18.5 Å². The zero-order valence-corrected chi connectivity index (χ0v) is 14.8. The first-order chi connectivity index (χ1) is 11.5. The van der Waals surface area contributed by atoms with E-state index in [-0.39, 0.29) is 5.92 Å². The summed E-state index contributed by atoms with van der Waals surface area (Å²) in [6, 6.07) is 0.583. The van der Waals surface area contributed by atoms with Crippen molar-refractivity contribution in [3.8, 4) is 0 Å². The molecule has 6 heteroatoms. The van der Waals surface area contributed by atoms with Crippen LogP contribution in [0.15, 0.2) is 12.4 Å². The number of hydrogen-bond acceptors (Lipinski definition) is 5. The van der Waals surface area contributed by atoms with Crippen molar-refractivity contribution in [1.29, 1.82) is 0 Å². The summed E-state index contributed by atoms with van der Waals surface area (Å²) in [6.07, 6.45) is 10.8. The van der Waals surface area contributed by atoms with Crippen LogP contribution in [-0.2, 0) is 11.2 Å². The van der Waals surface area contributed by atoms with Gasteiger partial charge in [0.1, 0.15) is 0 Å². The van der Waals surface area contributed by atoms with Crippen LogP contribution < -0.4 is 10.6 Å². The predicted molar refractivity (Wildman–Crippen MR) is 95.0 cm³/mol. The minimum atomic E-state index is -0.643. The summed E-state index contributed by atoms with van der Waals surface area (Å²) in [5.74, 6) is 0.513. The zero-order valence-electron chi connectivity index (χ0n) is 14.8. The molecule has 134 valence electrons. The first-order valence-electron chi connectivity index (χ1n) is 9.00. The van der Waals surface area contributed by atoms with E-state index in [9.17, 15) is 4.79 Å². The molecular weight excluding hydrogens is 304 g/mol. The van der Waals surface area contributed by atoms with Gasteiger partial charge in [0.15, 0.2) is 0 Å². The van der Waals surface area contributed by atoms with E-state index in [1.54, 1.807) is 0 Å². The topological polar surface area (TPSA) is 92.3 Å². The summed E-state index contributed by atoms with van der Waals surface area (Å²) >= 11 is 0. The molecule has 0 saturated heterocycles. The Morgan fingerprint density at radius 2 is 1.75 bits per heavy atom. The highest BCUT2D eigenvalue weighted by molar-refractivity contribution is 5.70. The molecule has 2 aliphatic carbocycles. The highest BCUT2D eigenvalue weighted by Crippen LogP contribution is 2.29. The van der Waals surface area contributed by atoms with E-state index >= 15 is 0 Å². The molecule has 6 nitrogen and oxygen atoms in total. The van der Waals surface area contributed by atoms with E-state index in [0.717, 1.165) is 50.2 Å². The Labute approximate surface area is 144 Å². The maximum atomic E-state index is 10.9. The van der Waals surface area contributed by atoms with Gasteiger partial charge in [-0.15, -0.1) is 0 Å². The van der Waals surface area contributed by atoms with Crippen LogP contribution in [0, 0.1) is 11.8 Å². The SMILES string of the molecule is CCc1cnc(N(C)CC2CCC(C(=O)O)CC2)nc1.NC1CC1. The summed E-state index contributed by atoms with van der Waals surface area (Å²) < 4.78 is 0. The average Bonchev–Trinajstić information content (AvgIpc) is 3.38. The monoisotopic (exact) mass is 334 g/mol. The lowest BCUT2D eigenvalue weighted by molar-refractivity contribution is -0.143. The number of rotatable bonds is 5. The molecule has 1 aromatic heterocycles. The third-order valence-corrected chi connectivity index (χ3v) is 4.79. The van der Waals surface area contributed by atoms with Gasteiger partial charge in [-0.1, -0.05) is 6.92 Å². The van der Waals surface area contributed by atoms with Gasteiger partial charge in [0.2, 0.25) is 5.95 Å². The molecule has 0 aliphatic heterocycles. The second-order valence-electron chi connectivity index (χ2n) is 7.02. The fourth-order valence-electron chi connectivity index (χ4n) is 2.88. The van der Waals surface area contributed by atoms with E-state index in [2.05, 4.69) is 21.8 Å². The molecule has 0 atom stereocenters. The Hall–Kier alpha value is -1.69. The first kappa shape index (κ1) is 18.6. The molecule has 2 saturated carbocycles. The lowest BCUT2D eigenvalue weighted by Gasteiger charge is -2.29. The maximum Gasteiger partial charge on any atom is 0.306 e. The number of nitrogens with two attached hydrogens (primary N) is 1. The number of carboxylic acid groups (broad SMARTS) is 1. The van der Waals surface area contributed by atoms with Crippen LogP contribution in [-0.4, -0.2) is 40.7 Å². The molecule has 0 bridgehead atoms. The average molecular weight is 334 g/mol. The molecule has 2 aliphatic rings. The van der Waals surface area contributed by atoms with Crippen molar-refractivity contribution < 1.29 is 9.90 Å². The van der Waals surface area contributed by atoms with Crippen LogP contribution in [0.1, 0.15) is 51.0 Å². The molecule has 0 spiro atoms. The van der Waals surface area contributed by atoms with Gasteiger partial charge in [-0.2, -0.15) is 0 Å². The Bertz CT molecular complexity index is 508. The van der Waals surface area contributed by atoms with Gasteiger partial charge >= 0.3 is 5.97 Å². The number of carboxylic acids is 1. The van der Waals surface area contributed by atoms with E-state index in [0.29, 0.717) is 12.0 Å². The quantitative estimate of drug-likeness (QED) is 0.859. The number of carbonyl (C=O) groups is 1. The molecule has 0 amide bonds. The van der Waals surface area contributed by atoms with Gasteiger partial charge in [-0.05, 0) is 56.4 Å². The zero-order chi connectivity index (χ0) is 17.5. The molecule has 3 N–H and O–H groups in total. The number of nitrogens with zero attached hydrogens (tertiary/aromatic N) is 3. The molecule has 1 heterocycles. The third-order valence-electron chi connectivity index (χ3n) is 4.79. The van der Waals surface area contributed by atoms with Crippen LogP contribution in [0.5, 0.6) is 0 Å². The Morgan fingerprint density at radius 1 is 1.21 bits per heavy atom. The normalized spacial score (nSPS) is 23.1. The molecular formula is C18H30N4O2. The summed E-state index contributed by atoms with van der Waals surface area (Å²) in [6.45, 7) is 2.99. The first-order valence-corrected chi connectivity index (χ1v) is 9.00. The van der Waals surface area contributed by atoms with Crippen molar-refractivity contribution in [3.63, 3.8) is 0 Å². The number of hydrogen-bond donors (Lipinski definition) is 2. The van der Waals surface area contributed by atoms with E-state index < -0.39 is 5.97 Å². The molecule has 2 fully saturated rings. The summed E-state index contributed by atoms with van der Waals surface area (Å²) in [5, 5.41) is 9.00. The molecule has 0 unspecified atom stereocenters. The van der Waals surface area contributed by atoms with E-state index in [1.165, 1.54) is 12.8 Å². The Balaban J connectivity index is 0.000000454. The van der Waals surface area contributed by atoms with E-state index in [4.69, 9.17) is 10.8 Å². The third kappa shape index (κ3) is 6.07. The van der Waals surface area contributed by atoms with Gasteiger partial charge in [0.25, 0.3) is 0 Å². The Morgan fingerprint density at radius 3 is 2.17 bits per heavy atom. The number of aryl methyl sites for hydroxylation is 1. The number of aromatic nitrogens is 2.